The van der Waals surface area contributed by atoms with Crippen LogP contribution in [0, 0.1) is 0 Å². The van der Waals surface area contributed by atoms with Crippen LogP contribution in [0.4, 0.5) is 0 Å². The lowest BCUT2D eigenvalue weighted by Gasteiger charge is -2.13. The van der Waals surface area contributed by atoms with E-state index in [0.717, 1.165) is 13.1 Å². The third kappa shape index (κ3) is 4.14. The summed E-state index contributed by atoms with van der Waals surface area (Å²) in [5.74, 6) is -1.50. The summed E-state index contributed by atoms with van der Waals surface area (Å²) in [4.78, 5) is 28.2. The van der Waals surface area contributed by atoms with Crippen LogP contribution in [0.15, 0.2) is 18.2 Å². The Hall–Kier alpha value is -1.95. The molecule has 0 aliphatic rings. The standard InChI is InChI=1S/C12H17N3O3/c1-3-15(2)8-7-13-11(16)9-5-4-6-10(14-9)12(17)18/h4-6H,3,7-8H2,1-2H3,(H,13,16)(H,17,18). The van der Waals surface area contributed by atoms with Gasteiger partial charge in [-0.2, -0.15) is 0 Å². The molecule has 1 aromatic heterocycles. The highest BCUT2D eigenvalue weighted by molar-refractivity contribution is 5.94. The quantitative estimate of drug-likeness (QED) is 0.767. The number of aromatic nitrogens is 1. The number of carboxylic acids is 1. The Morgan fingerprint density at radius 1 is 1.39 bits per heavy atom. The highest BCUT2D eigenvalue weighted by atomic mass is 16.4. The summed E-state index contributed by atoms with van der Waals surface area (Å²) in [6.07, 6.45) is 0. The van der Waals surface area contributed by atoms with Crippen molar-refractivity contribution >= 4 is 11.9 Å². The third-order valence-electron chi connectivity index (χ3n) is 2.52. The molecule has 6 nitrogen and oxygen atoms in total. The average molecular weight is 251 g/mol. The highest BCUT2D eigenvalue weighted by Crippen LogP contribution is 1.99. The summed E-state index contributed by atoms with van der Waals surface area (Å²) in [5, 5.41) is 11.5. The second kappa shape index (κ2) is 6.70. The van der Waals surface area contributed by atoms with Gasteiger partial charge in [0.2, 0.25) is 0 Å². The number of carbonyl (C=O) groups excluding carboxylic acids is 1. The Morgan fingerprint density at radius 3 is 2.67 bits per heavy atom. The molecule has 0 bridgehead atoms. The van der Waals surface area contributed by atoms with Crippen LogP contribution in [0.5, 0.6) is 0 Å². The molecule has 0 aliphatic carbocycles. The topological polar surface area (TPSA) is 82.5 Å². The van der Waals surface area contributed by atoms with Crippen molar-refractivity contribution in [3.05, 3.63) is 29.6 Å². The van der Waals surface area contributed by atoms with Gasteiger partial charge in [-0.1, -0.05) is 13.0 Å². The van der Waals surface area contributed by atoms with Gasteiger partial charge in [0.1, 0.15) is 11.4 Å². The van der Waals surface area contributed by atoms with Gasteiger partial charge in [0.25, 0.3) is 5.91 Å². The fraction of sp³-hybridized carbons (Fsp3) is 0.417. The van der Waals surface area contributed by atoms with E-state index in [1.807, 2.05) is 14.0 Å². The predicted molar refractivity (Wildman–Crippen MR) is 66.7 cm³/mol. The number of pyridine rings is 1. The molecule has 0 aromatic carbocycles. The van der Waals surface area contributed by atoms with Crippen LogP contribution in [0.1, 0.15) is 27.9 Å². The lowest BCUT2D eigenvalue weighted by atomic mass is 10.3. The first kappa shape index (κ1) is 14.1. The number of likely N-dealkylation sites (N-methyl/N-ethyl adjacent to an activating group) is 1. The zero-order chi connectivity index (χ0) is 13.5. The van der Waals surface area contributed by atoms with Crippen molar-refractivity contribution < 1.29 is 14.7 Å². The van der Waals surface area contributed by atoms with Gasteiger partial charge in [-0.15, -0.1) is 0 Å². The minimum Gasteiger partial charge on any atom is -0.477 e. The summed E-state index contributed by atoms with van der Waals surface area (Å²) < 4.78 is 0. The van der Waals surface area contributed by atoms with Gasteiger partial charge in [0, 0.05) is 13.1 Å². The van der Waals surface area contributed by atoms with E-state index in [4.69, 9.17) is 5.11 Å². The highest BCUT2D eigenvalue weighted by Gasteiger charge is 2.10. The Bertz CT molecular complexity index is 434. The minimum atomic E-state index is -1.14. The van der Waals surface area contributed by atoms with E-state index in [1.54, 1.807) is 0 Å². The second-order valence-corrected chi connectivity index (χ2v) is 3.87. The van der Waals surface area contributed by atoms with E-state index >= 15 is 0 Å². The maximum atomic E-state index is 11.7. The Balaban J connectivity index is 2.56. The zero-order valence-corrected chi connectivity index (χ0v) is 10.5. The number of nitrogens with zero attached hydrogens (tertiary/aromatic N) is 2. The molecular formula is C12H17N3O3. The molecule has 98 valence electrons. The summed E-state index contributed by atoms with van der Waals surface area (Å²) in [6.45, 7) is 4.17. The number of aromatic carboxylic acids is 1. The van der Waals surface area contributed by atoms with E-state index in [2.05, 4.69) is 15.2 Å². The second-order valence-electron chi connectivity index (χ2n) is 3.87. The fourth-order valence-corrected chi connectivity index (χ4v) is 1.29. The normalized spacial score (nSPS) is 10.4. The van der Waals surface area contributed by atoms with Gasteiger partial charge >= 0.3 is 5.97 Å². The van der Waals surface area contributed by atoms with Crippen molar-refractivity contribution in [2.24, 2.45) is 0 Å². The van der Waals surface area contributed by atoms with E-state index in [-0.39, 0.29) is 17.3 Å². The molecule has 0 saturated carbocycles. The summed E-state index contributed by atoms with van der Waals surface area (Å²) in [7, 11) is 1.95. The monoisotopic (exact) mass is 251 g/mol. The molecule has 1 amide bonds. The zero-order valence-electron chi connectivity index (χ0n) is 10.5. The van der Waals surface area contributed by atoms with Crippen molar-refractivity contribution in [1.29, 1.82) is 0 Å². The van der Waals surface area contributed by atoms with Gasteiger partial charge in [0.05, 0.1) is 0 Å². The minimum absolute atomic E-state index is 0.119. The van der Waals surface area contributed by atoms with Gasteiger partial charge in [-0.05, 0) is 25.7 Å². The largest absolute Gasteiger partial charge is 0.477 e. The molecule has 18 heavy (non-hydrogen) atoms. The number of amides is 1. The maximum absolute atomic E-state index is 11.7. The molecule has 0 atom stereocenters. The van der Waals surface area contributed by atoms with Gasteiger partial charge in [-0.3, -0.25) is 4.79 Å². The number of carbonyl (C=O) groups is 2. The van der Waals surface area contributed by atoms with Crippen LogP contribution in [-0.4, -0.2) is 53.5 Å². The average Bonchev–Trinajstić information content (AvgIpc) is 2.38. The number of nitrogens with one attached hydrogen (secondary N) is 1. The van der Waals surface area contributed by atoms with Crippen LogP contribution >= 0.6 is 0 Å². The van der Waals surface area contributed by atoms with Crippen molar-refractivity contribution in [3.63, 3.8) is 0 Å². The summed E-state index contributed by atoms with van der Waals surface area (Å²) >= 11 is 0. The molecule has 2 N–H and O–H groups in total. The summed E-state index contributed by atoms with van der Waals surface area (Å²) in [6, 6.07) is 4.35. The van der Waals surface area contributed by atoms with Crippen LogP contribution in [-0.2, 0) is 0 Å². The summed E-state index contributed by atoms with van der Waals surface area (Å²) in [5.41, 5.74) is -0.0117. The Kier molecular flexibility index (Phi) is 5.26. The third-order valence-corrected chi connectivity index (χ3v) is 2.52. The van der Waals surface area contributed by atoms with Crippen LogP contribution in [0.3, 0.4) is 0 Å². The van der Waals surface area contributed by atoms with Crippen molar-refractivity contribution in [3.8, 4) is 0 Å². The first-order valence-corrected chi connectivity index (χ1v) is 5.71. The van der Waals surface area contributed by atoms with Crippen molar-refractivity contribution in [1.82, 2.24) is 15.2 Å². The Morgan fingerprint density at radius 2 is 2.06 bits per heavy atom. The lowest BCUT2D eigenvalue weighted by molar-refractivity contribution is 0.0690. The fourth-order valence-electron chi connectivity index (χ4n) is 1.29. The molecule has 1 heterocycles. The predicted octanol–water partition coefficient (Wildman–Crippen LogP) is 0.461. The van der Waals surface area contributed by atoms with Gasteiger partial charge in [-0.25, -0.2) is 9.78 Å². The Labute approximate surface area is 106 Å². The number of carboxylic acid groups (broad SMARTS) is 1. The molecule has 0 radical (unpaired) electrons. The van der Waals surface area contributed by atoms with Crippen LogP contribution in [0.25, 0.3) is 0 Å². The number of hydrogen-bond donors (Lipinski definition) is 2. The van der Waals surface area contributed by atoms with Gasteiger partial charge < -0.3 is 15.3 Å². The maximum Gasteiger partial charge on any atom is 0.354 e. The molecular weight excluding hydrogens is 234 g/mol. The van der Waals surface area contributed by atoms with E-state index in [0.29, 0.717) is 6.54 Å². The number of rotatable bonds is 6. The van der Waals surface area contributed by atoms with Gasteiger partial charge in [0.15, 0.2) is 0 Å². The van der Waals surface area contributed by atoms with E-state index in [1.165, 1.54) is 18.2 Å². The molecule has 1 rings (SSSR count). The van der Waals surface area contributed by atoms with Crippen molar-refractivity contribution in [2.75, 3.05) is 26.7 Å². The van der Waals surface area contributed by atoms with Crippen molar-refractivity contribution in [2.45, 2.75) is 6.92 Å². The first-order valence-electron chi connectivity index (χ1n) is 5.71. The SMILES string of the molecule is CCN(C)CCNC(=O)c1cccc(C(=O)O)n1. The van der Waals surface area contributed by atoms with Crippen LogP contribution in [0.2, 0.25) is 0 Å². The molecule has 1 aromatic rings. The van der Waals surface area contributed by atoms with E-state index in [9.17, 15) is 9.59 Å². The smallest absolute Gasteiger partial charge is 0.354 e. The molecule has 0 spiro atoms. The van der Waals surface area contributed by atoms with E-state index < -0.39 is 5.97 Å². The number of hydrogen-bond acceptors (Lipinski definition) is 4. The lowest BCUT2D eigenvalue weighted by Crippen LogP contribution is -2.33. The molecule has 0 saturated heterocycles. The molecule has 6 heteroatoms. The molecule has 0 fully saturated rings. The van der Waals surface area contributed by atoms with Crippen LogP contribution < -0.4 is 5.32 Å². The first-order chi connectivity index (χ1) is 8.54. The molecule has 0 unspecified atom stereocenters. The molecule has 0 aliphatic heterocycles.